The van der Waals surface area contributed by atoms with Crippen LogP contribution in [0.3, 0.4) is 0 Å². The molecule has 0 spiro atoms. The van der Waals surface area contributed by atoms with Crippen molar-refractivity contribution in [3.63, 3.8) is 0 Å². The van der Waals surface area contributed by atoms with Crippen LogP contribution in [-0.2, 0) is 16.1 Å². The van der Waals surface area contributed by atoms with Crippen LogP contribution in [0.2, 0.25) is 0 Å². The maximum Gasteiger partial charge on any atom is 0.331 e. The van der Waals surface area contributed by atoms with Crippen molar-refractivity contribution in [2.45, 2.75) is 13.5 Å². The van der Waals surface area contributed by atoms with Crippen LogP contribution < -0.4 is 5.56 Å². The minimum absolute atomic E-state index is 0.142. The molecule has 2 aromatic carbocycles. The lowest BCUT2D eigenvalue weighted by Gasteiger charge is -2.05. The van der Waals surface area contributed by atoms with Crippen molar-refractivity contribution in [3.05, 3.63) is 124 Å². The number of esters is 1. The van der Waals surface area contributed by atoms with Gasteiger partial charge in [-0.1, -0.05) is 24.3 Å². The lowest BCUT2D eigenvalue weighted by atomic mass is 10.1. The van der Waals surface area contributed by atoms with Crippen molar-refractivity contribution in [2.75, 3.05) is 0 Å². The molecule has 0 N–H and O–H groups in total. The Morgan fingerprint density at radius 3 is 2.58 bits per heavy atom. The van der Waals surface area contributed by atoms with Crippen LogP contribution in [0.4, 0.5) is 4.39 Å². The van der Waals surface area contributed by atoms with E-state index >= 15 is 0 Å². The Morgan fingerprint density at radius 1 is 1.03 bits per heavy atom. The Bertz CT molecular complexity index is 1640. The molecule has 0 radical (unpaired) electrons. The second kappa shape index (κ2) is 9.79. The molecule has 8 heteroatoms. The van der Waals surface area contributed by atoms with Gasteiger partial charge in [0.2, 0.25) is 0 Å². The highest BCUT2D eigenvalue weighted by atomic mass is 19.1. The molecule has 5 aromatic rings. The van der Waals surface area contributed by atoms with Crippen molar-refractivity contribution < 1.29 is 13.9 Å². The number of ether oxygens (including phenoxy) is 1. The zero-order valence-corrected chi connectivity index (χ0v) is 19.3. The molecular weight excluding hydrogens is 459 g/mol. The average molecular weight is 480 g/mol. The zero-order chi connectivity index (χ0) is 25.1. The fourth-order valence-corrected chi connectivity index (χ4v) is 3.74. The molecule has 3 heterocycles. The number of nitrogens with zero attached hydrogens (tertiary/aromatic N) is 4. The third-order valence-corrected chi connectivity index (χ3v) is 5.50. The quantitative estimate of drug-likeness (QED) is 0.259. The molecule has 3 aromatic heterocycles. The second-order valence-electron chi connectivity index (χ2n) is 8.18. The summed E-state index contributed by atoms with van der Waals surface area (Å²) < 4.78 is 21.9. The highest BCUT2D eigenvalue weighted by Gasteiger charge is 2.12. The number of aromatic nitrogens is 4. The Balaban J connectivity index is 1.37. The van der Waals surface area contributed by atoms with Gasteiger partial charge in [-0.3, -0.25) is 9.20 Å². The van der Waals surface area contributed by atoms with Gasteiger partial charge in [0.05, 0.1) is 17.1 Å². The Labute approximate surface area is 205 Å². The summed E-state index contributed by atoms with van der Waals surface area (Å²) in [6.45, 7) is 1.75. The molecule has 0 aliphatic carbocycles. The molecule has 0 aliphatic rings. The number of hydrogen-bond donors (Lipinski definition) is 0. The molecule has 0 atom stereocenters. The van der Waals surface area contributed by atoms with Gasteiger partial charge in [0.15, 0.2) is 0 Å². The largest absolute Gasteiger partial charge is 0.456 e. The van der Waals surface area contributed by atoms with Gasteiger partial charge >= 0.3 is 5.97 Å². The van der Waals surface area contributed by atoms with Gasteiger partial charge in [0.25, 0.3) is 5.56 Å². The van der Waals surface area contributed by atoms with Crippen LogP contribution >= 0.6 is 0 Å². The lowest BCUT2D eigenvalue weighted by molar-refractivity contribution is -0.139. The minimum atomic E-state index is -0.599. The van der Waals surface area contributed by atoms with Crippen LogP contribution in [0, 0.1) is 12.7 Å². The van der Waals surface area contributed by atoms with Crippen molar-refractivity contribution in [1.29, 1.82) is 0 Å². The Morgan fingerprint density at radius 2 is 1.81 bits per heavy atom. The average Bonchev–Trinajstić information content (AvgIpc) is 3.32. The smallest absolute Gasteiger partial charge is 0.331 e. The van der Waals surface area contributed by atoms with Crippen LogP contribution in [0.5, 0.6) is 0 Å². The number of carbonyl (C=O) groups is 1. The topological polar surface area (TPSA) is 78.5 Å². The first kappa shape index (κ1) is 22.9. The summed E-state index contributed by atoms with van der Waals surface area (Å²) in [5.74, 6) is -0.947. The lowest BCUT2D eigenvalue weighted by Crippen LogP contribution is -2.16. The molecule has 7 nitrogen and oxygen atoms in total. The van der Waals surface area contributed by atoms with Gasteiger partial charge in [-0.2, -0.15) is 5.10 Å². The van der Waals surface area contributed by atoms with Crippen molar-refractivity contribution in [2.24, 2.45) is 0 Å². The van der Waals surface area contributed by atoms with E-state index in [0.717, 1.165) is 11.3 Å². The summed E-state index contributed by atoms with van der Waals surface area (Å²) >= 11 is 0. The molecule has 0 amide bonds. The van der Waals surface area contributed by atoms with Crippen molar-refractivity contribution in [1.82, 2.24) is 19.2 Å². The molecule has 0 unspecified atom stereocenters. The van der Waals surface area contributed by atoms with Crippen molar-refractivity contribution in [3.8, 4) is 16.9 Å². The SMILES string of the molecule is Cc1ccc2nc(COC(=O)C=Cc3cn(-c4ccccc4)nc3-c3ccc(F)cc3)cc(=O)n2c1. The highest BCUT2D eigenvalue weighted by molar-refractivity contribution is 5.88. The molecule has 0 bridgehead atoms. The third kappa shape index (κ3) is 4.97. The fraction of sp³-hybridized carbons (Fsp3) is 0.0714. The number of halogens is 1. The fourth-order valence-electron chi connectivity index (χ4n) is 3.74. The maximum absolute atomic E-state index is 13.5. The Kier molecular flexibility index (Phi) is 6.23. The van der Waals surface area contributed by atoms with Gasteiger partial charge in [-0.15, -0.1) is 0 Å². The predicted octanol–water partition coefficient (Wildman–Crippen LogP) is 4.75. The van der Waals surface area contributed by atoms with E-state index in [0.29, 0.717) is 28.2 Å². The first-order valence-electron chi connectivity index (χ1n) is 11.2. The van der Waals surface area contributed by atoms with Gasteiger partial charge in [0.1, 0.15) is 18.1 Å². The number of hydrogen-bond acceptors (Lipinski definition) is 5. The number of pyridine rings is 1. The van der Waals surface area contributed by atoms with Crippen LogP contribution in [0.1, 0.15) is 16.8 Å². The number of benzene rings is 2. The summed E-state index contributed by atoms with van der Waals surface area (Å²) in [5, 5.41) is 4.64. The normalized spacial score (nSPS) is 11.3. The molecule has 0 aliphatic heterocycles. The van der Waals surface area contributed by atoms with Gasteiger partial charge in [-0.05, 0) is 61.0 Å². The maximum atomic E-state index is 13.5. The van der Waals surface area contributed by atoms with E-state index in [1.807, 2.05) is 43.3 Å². The molecule has 0 saturated heterocycles. The summed E-state index contributed by atoms with van der Waals surface area (Å²) in [7, 11) is 0. The molecule has 36 heavy (non-hydrogen) atoms. The Hall–Kier alpha value is -4.85. The van der Waals surface area contributed by atoms with E-state index in [4.69, 9.17) is 4.74 Å². The van der Waals surface area contributed by atoms with Gasteiger partial charge in [-0.25, -0.2) is 18.9 Å². The first-order chi connectivity index (χ1) is 17.5. The number of rotatable bonds is 6. The van der Waals surface area contributed by atoms with Gasteiger partial charge < -0.3 is 4.74 Å². The van der Waals surface area contributed by atoms with Gasteiger partial charge in [0, 0.05) is 35.7 Å². The molecule has 0 saturated carbocycles. The number of fused-ring (bicyclic) bond motifs is 1. The number of aryl methyl sites for hydroxylation is 1. The van der Waals surface area contributed by atoms with Crippen LogP contribution in [0.25, 0.3) is 28.7 Å². The third-order valence-electron chi connectivity index (χ3n) is 5.50. The highest BCUT2D eigenvalue weighted by Crippen LogP contribution is 2.25. The summed E-state index contributed by atoms with van der Waals surface area (Å²) in [5.41, 5.74) is 4.31. The van der Waals surface area contributed by atoms with E-state index in [9.17, 15) is 14.0 Å². The van der Waals surface area contributed by atoms with Crippen LogP contribution in [0.15, 0.2) is 96.1 Å². The molecule has 0 fully saturated rings. The van der Waals surface area contributed by atoms with E-state index < -0.39 is 5.97 Å². The van der Waals surface area contributed by atoms with E-state index in [2.05, 4.69) is 10.1 Å². The zero-order valence-electron chi connectivity index (χ0n) is 19.3. The standard InChI is InChI=1S/C28H21FN4O3/c1-19-7-13-25-30-23(15-26(34)32(25)16-19)18-36-27(35)14-10-21-17-33(24-5-3-2-4-6-24)31-28(21)20-8-11-22(29)12-9-20/h2-17H,18H2,1H3. The second-order valence-corrected chi connectivity index (χ2v) is 8.18. The van der Waals surface area contributed by atoms with Crippen LogP contribution in [-0.4, -0.2) is 25.1 Å². The summed E-state index contributed by atoms with van der Waals surface area (Å²) in [4.78, 5) is 29.2. The molecule has 178 valence electrons. The summed E-state index contributed by atoms with van der Waals surface area (Å²) in [6.07, 6.45) is 6.37. The molecular formula is C28H21FN4O3. The predicted molar refractivity (Wildman–Crippen MR) is 134 cm³/mol. The number of para-hydroxylation sites is 1. The monoisotopic (exact) mass is 480 g/mol. The summed E-state index contributed by atoms with van der Waals surface area (Å²) in [6, 6.07) is 20.4. The van der Waals surface area contributed by atoms with E-state index in [-0.39, 0.29) is 18.0 Å². The van der Waals surface area contributed by atoms with E-state index in [1.54, 1.807) is 41.4 Å². The minimum Gasteiger partial charge on any atom is -0.456 e. The van der Waals surface area contributed by atoms with Crippen molar-refractivity contribution >= 4 is 17.7 Å². The molecule has 5 rings (SSSR count). The first-order valence-corrected chi connectivity index (χ1v) is 11.2. The number of carbonyl (C=O) groups excluding carboxylic acids is 1. The van der Waals surface area contributed by atoms with E-state index in [1.165, 1.54) is 28.7 Å².